The molecule has 3 heteroatoms. The highest BCUT2D eigenvalue weighted by atomic mass is 35.5. The van der Waals surface area contributed by atoms with E-state index in [4.69, 9.17) is 11.6 Å². The van der Waals surface area contributed by atoms with Gasteiger partial charge in [-0.1, -0.05) is 23.7 Å². The van der Waals surface area contributed by atoms with E-state index in [1.54, 1.807) is 6.07 Å². The largest absolute Gasteiger partial charge is 0.258 e. The smallest absolute Gasteiger partial charge is 0.129 e. The molecule has 0 spiro atoms. The second kappa shape index (κ2) is 6.23. The monoisotopic (exact) mass is 234 g/mol. The van der Waals surface area contributed by atoms with Crippen LogP contribution < -0.4 is 0 Å². The third kappa shape index (κ3) is 4.89. The van der Waals surface area contributed by atoms with Crippen LogP contribution in [-0.4, -0.2) is 9.97 Å². The molecule has 84 valence electrons. The molecule has 0 atom stereocenters. The molecule has 0 saturated carbocycles. The summed E-state index contributed by atoms with van der Waals surface area (Å²) in [5, 5.41) is 0.560. The van der Waals surface area contributed by atoms with Crippen LogP contribution in [-0.2, 0) is 0 Å². The van der Waals surface area contributed by atoms with Gasteiger partial charge in [-0.05, 0) is 45.0 Å². The van der Waals surface area contributed by atoms with Gasteiger partial charge in [0.25, 0.3) is 0 Å². The zero-order valence-electron chi connectivity index (χ0n) is 9.74. The fourth-order valence-corrected chi connectivity index (χ4v) is 1.40. The van der Waals surface area contributed by atoms with Crippen molar-refractivity contribution in [3.05, 3.63) is 58.6 Å². The molecule has 0 aliphatic carbocycles. The number of hydrogen-bond donors (Lipinski definition) is 0. The molecule has 2 rings (SSSR count). The lowest BCUT2D eigenvalue weighted by Gasteiger charge is -1.90. The topological polar surface area (TPSA) is 25.8 Å². The Morgan fingerprint density at radius 2 is 1.19 bits per heavy atom. The molecule has 0 aliphatic heterocycles. The van der Waals surface area contributed by atoms with Gasteiger partial charge < -0.3 is 0 Å². The Bertz CT molecular complexity index is 377. The predicted molar refractivity (Wildman–Crippen MR) is 67.7 cm³/mol. The Balaban J connectivity index is 0.000000160. The molecule has 0 fully saturated rings. The highest BCUT2D eigenvalue weighted by Gasteiger charge is 1.84. The normalized spacial score (nSPS) is 9.25. The minimum atomic E-state index is 0.560. The quantitative estimate of drug-likeness (QED) is 0.649. The van der Waals surface area contributed by atoms with Crippen LogP contribution in [0.1, 0.15) is 17.1 Å². The van der Waals surface area contributed by atoms with Crippen molar-refractivity contribution < 1.29 is 0 Å². The summed E-state index contributed by atoms with van der Waals surface area (Å²) in [7, 11) is 0. The highest BCUT2D eigenvalue weighted by Crippen LogP contribution is 2.02. The molecule has 2 aromatic heterocycles. The van der Waals surface area contributed by atoms with Crippen LogP contribution in [0.5, 0.6) is 0 Å². The minimum Gasteiger partial charge on any atom is -0.258 e. The van der Waals surface area contributed by atoms with Gasteiger partial charge in [-0.2, -0.15) is 0 Å². The van der Waals surface area contributed by atoms with Gasteiger partial charge in [-0.15, -0.1) is 0 Å². The van der Waals surface area contributed by atoms with Crippen LogP contribution >= 0.6 is 11.6 Å². The van der Waals surface area contributed by atoms with Crippen LogP contribution in [0.3, 0.4) is 0 Å². The van der Waals surface area contributed by atoms with E-state index in [1.165, 1.54) is 0 Å². The lowest BCUT2D eigenvalue weighted by molar-refractivity contribution is 1.12. The van der Waals surface area contributed by atoms with E-state index in [0.29, 0.717) is 5.15 Å². The first-order valence-corrected chi connectivity index (χ1v) is 5.45. The number of nitrogens with zero attached hydrogens (tertiary/aromatic N) is 2. The molecule has 0 aromatic carbocycles. The third-order valence-corrected chi connectivity index (χ3v) is 2.09. The van der Waals surface area contributed by atoms with Crippen molar-refractivity contribution in [2.75, 3.05) is 0 Å². The summed E-state index contributed by atoms with van der Waals surface area (Å²) in [6.45, 7) is 5.89. The molecule has 2 heterocycles. The van der Waals surface area contributed by atoms with E-state index in [1.807, 2.05) is 51.1 Å². The standard InChI is InChI=1S/C7H9N.C6H6ClN/c1-6-4-3-5-7(2)8-6;1-5-3-2-4-6(7)8-5/h3-5H,1-2H3;2-4H,1H3. The maximum atomic E-state index is 5.53. The molecule has 2 nitrogen and oxygen atoms in total. The number of rotatable bonds is 0. The third-order valence-electron chi connectivity index (χ3n) is 1.88. The van der Waals surface area contributed by atoms with E-state index in [0.717, 1.165) is 17.1 Å². The molecule has 2 aromatic rings. The first-order valence-electron chi connectivity index (χ1n) is 5.07. The van der Waals surface area contributed by atoms with Gasteiger partial charge in [-0.25, -0.2) is 4.98 Å². The first kappa shape index (κ1) is 12.7. The van der Waals surface area contributed by atoms with Crippen molar-refractivity contribution in [2.24, 2.45) is 0 Å². The van der Waals surface area contributed by atoms with Crippen molar-refractivity contribution in [2.45, 2.75) is 20.8 Å². The Morgan fingerprint density at radius 3 is 1.44 bits per heavy atom. The van der Waals surface area contributed by atoms with Crippen LogP contribution in [0, 0.1) is 20.8 Å². The second-order valence-corrected chi connectivity index (χ2v) is 3.91. The summed E-state index contributed by atoms with van der Waals surface area (Å²) in [6, 6.07) is 11.5. The van der Waals surface area contributed by atoms with E-state index < -0.39 is 0 Å². The molecular formula is C13H15ClN2. The summed E-state index contributed by atoms with van der Waals surface area (Å²) in [4.78, 5) is 8.11. The lowest BCUT2D eigenvalue weighted by Crippen LogP contribution is -1.81. The fraction of sp³-hybridized carbons (Fsp3) is 0.231. The summed E-state index contributed by atoms with van der Waals surface area (Å²) in [5.41, 5.74) is 3.13. The molecule has 0 unspecified atom stereocenters. The molecule has 0 radical (unpaired) electrons. The number of hydrogen-bond acceptors (Lipinski definition) is 2. The van der Waals surface area contributed by atoms with Crippen molar-refractivity contribution >= 4 is 11.6 Å². The van der Waals surface area contributed by atoms with Crippen molar-refractivity contribution in [3.63, 3.8) is 0 Å². The number of pyridine rings is 2. The Kier molecular flexibility index (Phi) is 4.93. The molecule has 0 aliphatic rings. The summed E-state index contributed by atoms with van der Waals surface area (Å²) < 4.78 is 0. The average molecular weight is 235 g/mol. The highest BCUT2D eigenvalue weighted by molar-refractivity contribution is 6.29. The number of halogens is 1. The van der Waals surface area contributed by atoms with E-state index in [2.05, 4.69) is 9.97 Å². The van der Waals surface area contributed by atoms with E-state index in [9.17, 15) is 0 Å². The maximum Gasteiger partial charge on any atom is 0.129 e. The molecule has 0 N–H and O–H groups in total. The van der Waals surface area contributed by atoms with Gasteiger partial charge in [0, 0.05) is 17.1 Å². The summed E-state index contributed by atoms with van der Waals surface area (Å²) in [6.07, 6.45) is 0. The Hall–Kier alpha value is -1.41. The second-order valence-electron chi connectivity index (χ2n) is 3.52. The zero-order chi connectivity index (χ0) is 12.0. The Labute approximate surface area is 101 Å². The van der Waals surface area contributed by atoms with Crippen molar-refractivity contribution in [3.8, 4) is 0 Å². The molecule has 0 saturated heterocycles. The fourth-order valence-electron chi connectivity index (χ4n) is 1.19. The van der Waals surface area contributed by atoms with Crippen LogP contribution in [0.4, 0.5) is 0 Å². The SMILES string of the molecule is Cc1cccc(C)n1.Cc1cccc(Cl)n1. The van der Waals surface area contributed by atoms with Crippen LogP contribution in [0.25, 0.3) is 0 Å². The number of aromatic nitrogens is 2. The van der Waals surface area contributed by atoms with Crippen LogP contribution in [0.2, 0.25) is 5.15 Å². The zero-order valence-corrected chi connectivity index (χ0v) is 10.5. The first-order chi connectivity index (χ1) is 7.58. The molecule has 0 amide bonds. The van der Waals surface area contributed by atoms with Gasteiger partial charge in [0.15, 0.2) is 0 Å². The van der Waals surface area contributed by atoms with Crippen molar-refractivity contribution in [1.82, 2.24) is 9.97 Å². The van der Waals surface area contributed by atoms with Gasteiger partial charge in [-0.3, -0.25) is 4.98 Å². The van der Waals surface area contributed by atoms with E-state index >= 15 is 0 Å². The average Bonchev–Trinajstić information content (AvgIpc) is 2.17. The van der Waals surface area contributed by atoms with E-state index in [-0.39, 0.29) is 0 Å². The molecular weight excluding hydrogens is 220 g/mol. The van der Waals surface area contributed by atoms with Crippen LogP contribution in [0.15, 0.2) is 36.4 Å². The van der Waals surface area contributed by atoms with Gasteiger partial charge in [0.2, 0.25) is 0 Å². The minimum absolute atomic E-state index is 0.560. The lowest BCUT2D eigenvalue weighted by atomic mass is 10.3. The number of aryl methyl sites for hydroxylation is 3. The van der Waals surface area contributed by atoms with Gasteiger partial charge in [0.05, 0.1) is 0 Å². The Morgan fingerprint density at radius 1 is 0.750 bits per heavy atom. The molecule has 0 bridgehead atoms. The summed E-state index contributed by atoms with van der Waals surface area (Å²) in [5.74, 6) is 0. The van der Waals surface area contributed by atoms with Gasteiger partial charge >= 0.3 is 0 Å². The molecule has 16 heavy (non-hydrogen) atoms. The van der Waals surface area contributed by atoms with Crippen molar-refractivity contribution in [1.29, 1.82) is 0 Å². The predicted octanol–water partition coefficient (Wildman–Crippen LogP) is 3.74. The summed E-state index contributed by atoms with van der Waals surface area (Å²) >= 11 is 5.53. The maximum absolute atomic E-state index is 5.53. The van der Waals surface area contributed by atoms with Gasteiger partial charge in [0.1, 0.15) is 5.15 Å².